The minimum atomic E-state index is -0.347. The molecule has 0 bridgehead atoms. The summed E-state index contributed by atoms with van der Waals surface area (Å²) in [5.74, 6) is 0.853. The van der Waals surface area contributed by atoms with E-state index in [2.05, 4.69) is 18.3 Å². The number of nitriles is 1. The lowest BCUT2D eigenvalue weighted by molar-refractivity contribution is -0.115. The molecule has 0 saturated heterocycles. The van der Waals surface area contributed by atoms with Gasteiger partial charge in [-0.25, -0.2) is 4.79 Å². The van der Waals surface area contributed by atoms with E-state index in [9.17, 15) is 14.9 Å². The quantitative estimate of drug-likeness (QED) is 0.687. The van der Waals surface area contributed by atoms with Crippen LogP contribution in [0.3, 0.4) is 0 Å². The molecule has 0 atom stereocenters. The second-order valence-electron chi connectivity index (χ2n) is 6.49. The predicted octanol–water partition coefficient (Wildman–Crippen LogP) is 4.43. The summed E-state index contributed by atoms with van der Waals surface area (Å²) in [5.41, 5.74) is 2.36. The van der Waals surface area contributed by atoms with E-state index in [1.54, 1.807) is 23.6 Å². The number of carbonyl (C=O) groups is 2. The largest absolute Gasteiger partial charge is 0.450 e. The van der Waals surface area contributed by atoms with Crippen LogP contribution in [0.4, 0.5) is 9.80 Å². The lowest BCUT2D eigenvalue weighted by Crippen LogP contribution is -2.35. The van der Waals surface area contributed by atoms with Crippen molar-refractivity contribution in [2.75, 3.05) is 24.2 Å². The highest BCUT2D eigenvalue weighted by Gasteiger charge is 2.28. The van der Waals surface area contributed by atoms with Crippen LogP contribution < -0.4 is 5.32 Å². The second-order valence-corrected chi connectivity index (χ2v) is 8.93. The highest BCUT2D eigenvalue weighted by molar-refractivity contribution is 7.99. The van der Waals surface area contributed by atoms with Crippen molar-refractivity contribution >= 4 is 40.1 Å². The number of amides is 2. The Morgan fingerprint density at radius 1 is 1.31 bits per heavy atom. The van der Waals surface area contributed by atoms with Crippen LogP contribution in [0.15, 0.2) is 29.2 Å². The van der Waals surface area contributed by atoms with Gasteiger partial charge in [0.2, 0.25) is 5.91 Å². The summed E-state index contributed by atoms with van der Waals surface area (Å²) in [7, 11) is 0. The zero-order valence-corrected chi connectivity index (χ0v) is 18.1. The predicted molar refractivity (Wildman–Crippen MR) is 115 cm³/mol. The van der Waals surface area contributed by atoms with Crippen molar-refractivity contribution in [3.05, 3.63) is 45.8 Å². The Labute approximate surface area is 178 Å². The Morgan fingerprint density at radius 2 is 2.07 bits per heavy atom. The van der Waals surface area contributed by atoms with E-state index in [0.717, 1.165) is 21.8 Å². The van der Waals surface area contributed by atoms with E-state index in [4.69, 9.17) is 4.74 Å². The Hall–Kier alpha value is -2.50. The number of anilines is 1. The number of hydrogen-bond acceptors (Lipinski definition) is 6. The molecule has 1 aliphatic heterocycles. The Morgan fingerprint density at radius 3 is 2.72 bits per heavy atom. The fourth-order valence-corrected chi connectivity index (χ4v) is 5.10. The fourth-order valence-electron chi connectivity index (χ4n) is 3.21. The Bertz CT molecular complexity index is 932. The number of thiophene rings is 1. The van der Waals surface area contributed by atoms with Crippen molar-refractivity contribution in [1.29, 1.82) is 5.26 Å². The van der Waals surface area contributed by atoms with Crippen LogP contribution in [0.25, 0.3) is 0 Å². The van der Waals surface area contributed by atoms with Gasteiger partial charge in [-0.2, -0.15) is 5.26 Å². The Balaban J connectivity index is 1.69. The van der Waals surface area contributed by atoms with E-state index in [0.29, 0.717) is 36.7 Å². The van der Waals surface area contributed by atoms with Gasteiger partial charge in [-0.15, -0.1) is 23.1 Å². The van der Waals surface area contributed by atoms with Crippen molar-refractivity contribution in [1.82, 2.24) is 4.90 Å². The molecule has 8 heteroatoms. The summed E-state index contributed by atoms with van der Waals surface area (Å²) < 4.78 is 5.07. The molecule has 1 N–H and O–H groups in total. The minimum Gasteiger partial charge on any atom is -0.450 e. The maximum Gasteiger partial charge on any atom is 0.410 e. The maximum atomic E-state index is 12.5. The summed E-state index contributed by atoms with van der Waals surface area (Å²) in [4.78, 5) is 28.3. The van der Waals surface area contributed by atoms with E-state index in [1.165, 1.54) is 16.2 Å². The lowest BCUT2D eigenvalue weighted by Gasteiger charge is -2.25. The molecule has 0 radical (unpaired) electrons. The maximum absolute atomic E-state index is 12.5. The van der Waals surface area contributed by atoms with Crippen LogP contribution in [0.2, 0.25) is 0 Å². The molecule has 2 heterocycles. The van der Waals surface area contributed by atoms with Gasteiger partial charge in [0.05, 0.1) is 25.1 Å². The molecule has 2 aromatic rings. The molecule has 0 unspecified atom stereocenters. The lowest BCUT2D eigenvalue weighted by atomic mass is 10.0. The summed E-state index contributed by atoms with van der Waals surface area (Å²) in [6.45, 7) is 5.11. The van der Waals surface area contributed by atoms with Gasteiger partial charge < -0.3 is 15.0 Å². The SMILES string of the molecule is CCOC(=O)N1CCc2c(sc(NC(=O)Cc3ccc(SCC)cc3)c2C#N)C1. The first-order valence-electron chi connectivity index (χ1n) is 9.53. The molecule has 1 aromatic heterocycles. The summed E-state index contributed by atoms with van der Waals surface area (Å²) >= 11 is 3.13. The molecule has 3 rings (SSSR count). The van der Waals surface area contributed by atoms with Crippen molar-refractivity contribution in [2.45, 2.75) is 38.1 Å². The van der Waals surface area contributed by atoms with Crippen molar-refractivity contribution in [2.24, 2.45) is 0 Å². The average Bonchev–Trinajstić information content (AvgIpc) is 3.05. The van der Waals surface area contributed by atoms with E-state index in [1.807, 2.05) is 24.3 Å². The Kier molecular flexibility index (Phi) is 7.18. The number of hydrogen-bond donors (Lipinski definition) is 1. The first-order chi connectivity index (χ1) is 14.0. The van der Waals surface area contributed by atoms with Gasteiger partial charge in [0.1, 0.15) is 11.1 Å². The monoisotopic (exact) mass is 429 g/mol. The van der Waals surface area contributed by atoms with E-state index >= 15 is 0 Å². The third-order valence-electron chi connectivity index (χ3n) is 4.55. The minimum absolute atomic E-state index is 0.154. The third kappa shape index (κ3) is 5.11. The van der Waals surface area contributed by atoms with Crippen molar-refractivity contribution in [3.63, 3.8) is 0 Å². The molecule has 2 amide bonds. The fraction of sp³-hybridized carbons (Fsp3) is 0.381. The van der Waals surface area contributed by atoms with E-state index < -0.39 is 0 Å². The zero-order valence-electron chi connectivity index (χ0n) is 16.5. The first-order valence-corrected chi connectivity index (χ1v) is 11.3. The van der Waals surface area contributed by atoms with Gasteiger partial charge in [-0.3, -0.25) is 4.79 Å². The van der Waals surface area contributed by atoms with Crippen molar-refractivity contribution in [3.8, 4) is 6.07 Å². The number of benzene rings is 1. The second kappa shape index (κ2) is 9.81. The summed E-state index contributed by atoms with van der Waals surface area (Å²) in [5, 5.41) is 13.1. The van der Waals surface area contributed by atoms with Crippen LogP contribution in [-0.4, -0.2) is 35.8 Å². The van der Waals surface area contributed by atoms with Crippen LogP contribution in [0, 0.1) is 11.3 Å². The number of rotatable bonds is 6. The molecule has 1 aliphatic rings. The van der Waals surface area contributed by atoms with Crippen LogP contribution in [-0.2, 0) is 28.9 Å². The van der Waals surface area contributed by atoms with Gasteiger partial charge in [-0.1, -0.05) is 19.1 Å². The molecule has 0 saturated carbocycles. The van der Waals surface area contributed by atoms with Crippen LogP contribution in [0.5, 0.6) is 0 Å². The molecule has 29 heavy (non-hydrogen) atoms. The molecule has 0 aliphatic carbocycles. The third-order valence-corrected chi connectivity index (χ3v) is 6.57. The number of thioether (sulfide) groups is 1. The van der Waals surface area contributed by atoms with Gasteiger partial charge in [-0.05, 0) is 42.4 Å². The van der Waals surface area contributed by atoms with Gasteiger partial charge in [0, 0.05) is 16.3 Å². The normalized spacial score (nSPS) is 12.8. The smallest absolute Gasteiger partial charge is 0.410 e. The number of nitrogens with one attached hydrogen (secondary N) is 1. The molecule has 0 spiro atoms. The van der Waals surface area contributed by atoms with Gasteiger partial charge in [0.15, 0.2) is 0 Å². The standard InChI is InChI=1S/C21H23N3O3S2/c1-3-27-21(26)24-10-9-16-17(12-22)20(29-18(16)13-24)23-19(25)11-14-5-7-15(8-6-14)28-4-2/h5-8H,3-4,9-11,13H2,1-2H3,(H,23,25). The molecule has 152 valence electrons. The molecular weight excluding hydrogens is 406 g/mol. The molecule has 6 nitrogen and oxygen atoms in total. The number of carbonyl (C=O) groups excluding carboxylic acids is 2. The molecule has 1 aromatic carbocycles. The summed E-state index contributed by atoms with van der Waals surface area (Å²) in [6.07, 6.45) is 0.486. The van der Waals surface area contributed by atoms with Crippen molar-refractivity contribution < 1.29 is 14.3 Å². The molecule has 0 fully saturated rings. The number of nitrogens with zero attached hydrogens (tertiary/aromatic N) is 2. The highest BCUT2D eigenvalue weighted by Crippen LogP contribution is 2.36. The first kappa shape index (κ1) is 21.2. The summed E-state index contributed by atoms with van der Waals surface area (Å²) in [6, 6.07) is 10.2. The number of ether oxygens (including phenoxy) is 1. The average molecular weight is 430 g/mol. The number of fused-ring (bicyclic) bond motifs is 1. The molecular formula is C21H23N3O3S2. The van der Waals surface area contributed by atoms with Crippen LogP contribution >= 0.6 is 23.1 Å². The van der Waals surface area contributed by atoms with Gasteiger partial charge >= 0.3 is 6.09 Å². The highest BCUT2D eigenvalue weighted by atomic mass is 32.2. The zero-order chi connectivity index (χ0) is 20.8. The van der Waals surface area contributed by atoms with E-state index in [-0.39, 0.29) is 18.4 Å². The van der Waals surface area contributed by atoms with Crippen LogP contribution in [0.1, 0.15) is 35.4 Å². The topological polar surface area (TPSA) is 82.4 Å². The van der Waals surface area contributed by atoms with Gasteiger partial charge in [0.25, 0.3) is 0 Å².